The molecule has 0 saturated carbocycles. The van der Waals surface area contributed by atoms with Gasteiger partial charge in [-0.25, -0.2) is 4.79 Å². The Labute approximate surface area is 189 Å². The van der Waals surface area contributed by atoms with Gasteiger partial charge in [-0.05, 0) is 36.8 Å². The van der Waals surface area contributed by atoms with Gasteiger partial charge in [0.05, 0.1) is 18.2 Å². The van der Waals surface area contributed by atoms with Crippen LogP contribution in [-0.2, 0) is 17.4 Å². The molecule has 8 heteroatoms. The zero-order valence-electron chi connectivity index (χ0n) is 20.0. The summed E-state index contributed by atoms with van der Waals surface area (Å²) in [5, 5.41) is 42.3. The van der Waals surface area contributed by atoms with E-state index < -0.39 is 6.09 Å². The molecule has 2 aromatic rings. The summed E-state index contributed by atoms with van der Waals surface area (Å²) >= 11 is 0. The molecule has 0 atom stereocenters. The lowest BCUT2D eigenvalue weighted by Gasteiger charge is -2.28. The quantitative estimate of drug-likeness (QED) is 0.348. The number of amides is 1. The van der Waals surface area contributed by atoms with Crippen molar-refractivity contribution in [2.75, 3.05) is 0 Å². The Kier molecular flexibility index (Phi) is 8.49. The second kappa shape index (κ2) is 10.2. The van der Waals surface area contributed by atoms with Crippen LogP contribution in [0.3, 0.4) is 0 Å². The monoisotopic (exact) mass is 443 g/mol. The normalized spacial score (nSPS) is 12.2. The minimum atomic E-state index is -1.12. The van der Waals surface area contributed by atoms with E-state index in [2.05, 4.69) is 10.5 Å². The highest BCUT2D eigenvalue weighted by molar-refractivity contribution is 5.67. The van der Waals surface area contributed by atoms with Crippen LogP contribution in [0.5, 0.6) is 5.75 Å². The first kappa shape index (κ1) is 26.6. The molecule has 1 aromatic carbocycles. The van der Waals surface area contributed by atoms with Crippen LogP contribution in [0.25, 0.3) is 11.3 Å². The first-order valence-electron chi connectivity index (χ1n) is 10.1. The number of aliphatic hydroxyl groups is 1. The fourth-order valence-corrected chi connectivity index (χ4v) is 2.70. The molecule has 4 N–H and O–H groups in total. The minimum absolute atomic E-state index is 0.0542. The van der Waals surface area contributed by atoms with E-state index in [0.29, 0.717) is 22.8 Å². The van der Waals surface area contributed by atoms with Gasteiger partial charge < -0.3 is 25.2 Å². The van der Waals surface area contributed by atoms with Crippen molar-refractivity contribution in [1.29, 1.82) is 5.26 Å². The van der Waals surface area contributed by atoms with Crippen LogP contribution in [0, 0.1) is 11.3 Å². The summed E-state index contributed by atoms with van der Waals surface area (Å²) in [5.41, 5.74) is 3.01. The first-order chi connectivity index (χ1) is 14.6. The maximum absolute atomic E-state index is 10.8. The maximum atomic E-state index is 10.8. The number of aromatic hydroxyl groups is 1. The van der Waals surface area contributed by atoms with Gasteiger partial charge in [-0.3, -0.25) is 0 Å². The number of aromatic nitrogens is 1. The van der Waals surface area contributed by atoms with E-state index in [1.54, 1.807) is 19.1 Å². The molecule has 0 unspecified atom stereocenters. The Bertz CT molecular complexity index is 992. The largest absolute Gasteiger partial charge is 0.512 e. The predicted octanol–water partition coefficient (Wildman–Crippen LogP) is 5.77. The number of nitrogens with one attached hydrogen (secondary N) is 1. The van der Waals surface area contributed by atoms with Gasteiger partial charge in [0.15, 0.2) is 5.76 Å². The molecule has 174 valence electrons. The molecular formula is C24H33N3O5. The summed E-state index contributed by atoms with van der Waals surface area (Å²) in [6, 6.07) is 7.33. The fraction of sp³-hybridized carbons (Fsp3) is 0.458. The van der Waals surface area contributed by atoms with Crippen LogP contribution in [0.1, 0.15) is 72.3 Å². The van der Waals surface area contributed by atoms with Gasteiger partial charge in [-0.1, -0.05) is 46.7 Å². The van der Waals surface area contributed by atoms with Crippen molar-refractivity contribution in [3.05, 3.63) is 46.4 Å². The SMILES string of the molecule is CC(C)(C)c1cc(-c2cc(CNC(=O)O)on2)cc(C(C)(C)C)c1O.CC(O)=C(C)C#N. The third kappa shape index (κ3) is 7.34. The molecule has 1 aromatic heterocycles. The van der Waals surface area contributed by atoms with Crippen molar-refractivity contribution in [2.45, 2.75) is 72.8 Å². The average Bonchev–Trinajstić information content (AvgIpc) is 3.13. The Hall–Kier alpha value is -3.47. The molecule has 0 spiro atoms. The maximum Gasteiger partial charge on any atom is 0.405 e. The van der Waals surface area contributed by atoms with Crippen molar-refractivity contribution >= 4 is 6.09 Å². The lowest BCUT2D eigenvalue weighted by atomic mass is 9.78. The Morgan fingerprint density at radius 1 is 1.06 bits per heavy atom. The smallest absolute Gasteiger partial charge is 0.405 e. The van der Waals surface area contributed by atoms with Crippen LogP contribution in [-0.4, -0.2) is 26.6 Å². The molecule has 0 saturated heterocycles. The zero-order valence-corrected chi connectivity index (χ0v) is 20.0. The molecule has 0 aliphatic heterocycles. The first-order valence-corrected chi connectivity index (χ1v) is 10.1. The second-order valence-corrected chi connectivity index (χ2v) is 9.58. The molecule has 8 nitrogen and oxygen atoms in total. The van der Waals surface area contributed by atoms with E-state index in [0.717, 1.165) is 16.7 Å². The van der Waals surface area contributed by atoms with E-state index in [1.165, 1.54) is 6.92 Å². The lowest BCUT2D eigenvalue weighted by Crippen LogP contribution is -2.19. The van der Waals surface area contributed by atoms with Gasteiger partial charge in [0, 0.05) is 22.8 Å². The number of nitriles is 1. The number of benzene rings is 1. The molecule has 2 rings (SSSR count). The van der Waals surface area contributed by atoms with Gasteiger partial charge in [-0.2, -0.15) is 5.26 Å². The summed E-state index contributed by atoms with van der Waals surface area (Å²) in [5.74, 6) is 0.836. The van der Waals surface area contributed by atoms with Crippen LogP contribution < -0.4 is 5.32 Å². The fourth-order valence-electron chi connectivity index (χ4n) is 2.70. The van der Waals surface area contributed by atoms with E-state index >= 15 is 0 Å². The van der Waals surface area contributed by atoms with Crippen LogP contribution in [0.2, 0.25) is 0 Å². The van der Waals surface area contributed by atoms with Crippen molar-refractivity contribution in [2.24, 2.45) is 0 Å². The number of aliphatic hydroxyl groups excluding tert-OH is 1. The topological polar surface area (TPSA) is 140 Å². The number of hydrogen-bond acceptors (Lipinski definition) is 6. The molecule has 0 bridgehead atoms. The Morgan fingerprint density at radius 2 is 1.56 bits per heavy atom. The number of allylic oxidation sites excluding steroid dienone is 2. The van der Waals surface area contributed by atoms with Gasteiger partial charge in [0.1, 0.15) is 17.2 Å². The summed E-state index contributed by atoms with van der Waals surface area (Å²) < 4.78 is 5.21. The Morgan fingerprint density at radius 3 is 1.91 bits per heavy atom. The molecule has 0 aliphatic carbocycles. The van der Waals surface area contributed by atoms with Gasteiger partial charge in [0.2, 0.25) is 0 Å². The molecule has 1 heterocycles. The van der Waals surface area contributed by atoms with E-state index in [-0.39, 0.29) is 23.1 Å². The highest BCUT2D eigenvalue weighted by Gasteiger charge is 2.27. The Balaban J connectivity index is 0.000000633. The van der Waals surface area contributed by atoms with Crippen molar-refractivity contribution in [3.8, 4) is 23.1 Å². The average molecular weight is 444 g/mol. The number of phenolic OH excluding ortho intramolecular Hbond substituents is 1. The molecule has 32 heavy (non-hydrogen) atoms. The van der Waals surface area contributed by atoms with E-state index in [9.17, 15) is 9.90 Å². The molecule has 0 fully saturated rings. The number of carbonyl (C=O) groups is 1. The summed E-state index contributed by atoms with van der Waals surface area (Å²) in [6.07, 6.45) is -1.12. The molecule has 0 radical (unpaired) electrons. The third-order valence-corrected chi connectivity index (χ3v) is 4.70. The van der Waals surface area contributed by atoms with Crippen LogP contribution in [0.15, 0.2) is 34.1 Å². The summed E-state index contributed by atoms with van der Waals surface area (Å²) in [7, 11) is 0. The highest BCUT2D eigenvalue weighted by Crippen LogP contribution is 2.41. The second-order valence-electron chi connectivity index (χ2n) is 9.58. The van der Waals surface area contributed by atoms with Crippen molar-refractivity contribution < 1.29 is 24.6 Å². The predicted molar refractivity (Wildman–Crippen MR) is 122 cm³/mol. The standard InChI is InChI=1S/C19H26N2O4.C5H7NO/c1-18(2,3)13-7-11(8-14(16(13)22)19(4,5)6)15-9-12(25-21-15)10-20-17(23)24;1-4(3-6)5(2)7/h7-9,20,22H,10H2,1-6H3,(H,23,24);7H,1-2H3. The van der Waals surface area contributed by atoms with Crippen LogP contribution >= 0.6 is 0 Å². The number of hydrogen-bond donors (Lipinski definition) is 4. The van der Waals surface area contributed by atoms with E-state index in [4.69, 9.17) is 20.0 Å². The minimum Gasteiger partial charge on any atom is -0.512 e. The van der Waals surface area contributed by atoms with Crippen molar-refractivity contribution in [1.82, 2.24) is 10.5 Å². The summed E-state index contributed by atoms with van der Waals surface area (Å²) in [4.78, 5) is 10.6. The van der Waals surface area contributed by atoms with Gasteiger partial charge in [-0.15, -0.1) is 0 Å². The zero-order chi connectivity index (χ0) is 24.9. The lowest BCUT2D eigenvalue weighted by molar-refractivity contribution is 0.192. The number of nitrogens with zero attached hydrogens (tertiary/aromatic N) is 2. The number of carboxylic acid groups (broad SMARTS) is 1. The molecule has 1 amide bonds. The third-order valence-electron chi connectivity index (χ3n) is 4.70. The molecule has 0 aliphatic rings. The van der Waals surface area contributed by atoms with Gasteiger partial charge >= 0.3 is 6.09 Å². The van der Waals surface area contributed by atoms with Gasteiger partial charge in [0.25, 0.3) is 0 Å². The van der Waals surface area contributed by atoms with Crippen LogP contribution in [0.4, 0.5) is 4.79 Å². The van der Waals surface area contributed by atoms with Crippen molar-refractivity contribution in [3.63, 3.8) is 0 Å². The number of phenols is 1. The number of rotatable bonds is 3. The summed E-state index contributed by atoms with van der Waals surface area (Å²) in [6.45, 7) is 15.4. The van der Waals surface area contributed by atoms with E-state index in [1.807, 2.05) is 53.7 Å². The highest BCUT2D eigenvalue weighted by atomic mass is 16.5. The molecular weight excluding hydrogens is 410 g/mol.